The van der Waals surface area contributed by atoms with Crippen LogP contribution in [0.2, 0.25) is 5.15 Å². The first-order chi connectivity index (χ1) is 5.15. The highest BCUT2D eigenvalue weighted by molar-refractivity contribution is 6.30. The third-order valence-electron chi connectivity index (χ3n) is 1.21. The molecule has 5 heteroatoms. The molecule has 1 heterocycles. The molecule has 0 aliphatic rings. The van der Waals surface area contributed by atoms with Crippen molar-refractivity contribution in [2.75, 3.05) is 5.73 Å². The van der Waals surface area contributed by atoms with Crippen molar-refractivity contribution in [3.63, 3.8) is 0 Å². The first-order valence-corrected chi connectivity index (χ1v) is 3.20. The third-order valence-corrected chi connectivity index (χ3v) is 1.58. The molecule has 0 aliphatic heterocycles. The fourth-order valence-electron chi connectivity index (χ4n) is 0.544. The Bertz CT molecular complexity index is 305. The summed E-state index contributed by atoms with van der Waals surface area (Å²) in [6, 6.07) is 0. The molecule has 56 valence electrons. The van der Waals surface area contributed by atoms with Gasteiger partial charge in [0.05, 0.1) is 5.56 Å². The van der Waals surface area contributed by atoms with E-state index in [1.54, 1.807) is 6.92 Å². The highest BCUT2D eigenvalue weighted by Gasteiger charge is 2.08. The number of rotatable bonds is 0. The Morgan fingerprint density at radius 2 is 2.18 bits per heavy atom. The summed E-state index contributed by atoms with van der Waals surface area (Å²) >= 11 is 5.62. The molecule has 1 rings (SSSR count). The van der Waals surface area contributed by atoms with Crippen molar-refractivity contribution in [2.45, 2.75) is 6.92 Å². The first-order valence-electron chi connectivity index (χ1n) is 2.82. The minimum atomic E-state index is -0.0156. The number of aromatic nitrogens is 2. The lowest BCUT2D eigenvalue weighted by Crippen LogP contribution is -1.96. The zero-order valence-electron chi connectivity index (χ0n) is 5.80. The largest absolute Gasteiger partial charge is 0.394 e. The molecule has 1 aromatic rings. The van der Waals surface area contributed by atoms with Gasteiger partial charge in [0.25, 0.3) is 0 Å². The number of nitrogens with zero attached hydrogens (tertiary/aromatic N) is 3. The molecule has 0 saturated heterocycles. The molecule has 0 aromatic carbocycles. The Morgan fingerprint density at radius 1 is 1.55 bits per heavy atom. The number of anilines is 1. The number of nitrogen functional groups attached to an aromatic ring is 1. The Hall–Kier alpha value is -1.34. The van der Waals surface area contributed by atoms with Crippen LogP contribution >= 0.6 is 11.6 Å². The summed E-state index contributed by atoms with van der Waals surface area (Å²) in [5.41, 5.74) is 6.03. The van der Waals surface area contributed by atoms with Gasteiger partial charge in [0.1, 0.15) is 0 Å². The second kappa shape index (κ2) is 2.72. The summed E-state index contributed by atoms with van der Waals surface area (Å²) in [5.74, 6) is 0.245. The van der Waals surface area contributed by atoms with Gasteiger partial charge in [-0.25, -0.2) is 0 Å². The van der Waals surface area contributed by atoms with E-state index in [1.807, 2.05) is 0 Å². The van der Waals surface area contributed by atoms with Crippen molar-refractivity contribution in [1.29, 1.82) is 0 Å². The lowest BCUT2D eigenvalue weighted by Gasteiger charge is -1.95. The highest BCUT2D eigenvalue weighted by Crippen LogP contribution is 2.19. The molecule has 0 fully saturated rings. The first kappa shape index (κ1) is 7.76. The molecule has 2 N–H and O–H groups in total. The molecule has 0 bridgehead atoms. The van der Waals surface area contributed by atoms with Crippen LogP contribution in [0.25, 0.3) is 4.85 Å². The molecule has 0 atom stereocenters. The van der Waals surface area contributed by atoms with Gasteiger partial charge in [-0.15, -0.1) is 16.5 Å². The van der Waals surface area contributed by atoms with Crippen LogP contribution in [0.1, 0.15) is 5.56 Å². The van der Waals surface area contributed by atoms with Gasteiger partial charge in [-0.05, 0) is 18.5 Å². The zero-order chi connectivity index (χ0) is 8.43. The van der Waals surface area contributed by atoms with E-state index in [9.17, 15) is 0 Å². The second-order valence-electron chi connectivity index (χ2n) is 1.94. The zero-order valence-corrected chi connectivity index (χ0v) is 6.55. The summed E-state index contributed by atoms with van der Waals surface area (Å²) in [6.07, 6.45) is 0. The summed E-state index contributed by atoms with van der Waals surface area (Å²) in [7, 11) is 0. The van der Waals surface area contributed by atoms with Crippen LogP contribution in [0.15, 0.2) is 0 Å². The number of halogens is 1. The predicted octanol–water partition coefficient (Wildman–Crippen LogP) is 1.57. The average molecular weight is 169 g/mol. The summed E-state index contributed by atoms with van der Waals surface area (Å²) in [4.78, 5) is 10.3. The average Bonchev–Trinajstić information content (AvgIpc) is 1.99. The monoisotopic (exact) mass is 168 g/mol. The topological polar surface area (TPSA) is 56.2 Å². The Morgan fingerprint density at radius 3 is 2.64 bits per heavy atom. The van der Waals surface area contributed by atoms with Gasteiger partial charge in [0.15, 0.2) is 11.0 Å². The number of hydrogen-bond donors (Lipinski definition) is 1. The molecule has 4 nitrogen and oxygen atoms in total. The van der Waals surface area contributed by atoms with Gasteiger partial charge in [0.2, 0.25) is 0 Å². The maximum Gasteiger partial charge on any atom is 0.374 e. The van der Waals surface area contributed by atoms with Gasteiger partial charge in [-0.3, -0.25) is 0 Å². The van der Waals surface area contributed by atoms with E-state index in [-0.39, 0.29) is 16.9 Å². The number of nitrogens with two attached hydrogens (primary N) is 1. The van der Waals surface area contributed by atoms with Gasteiger partial charge in [0, 0.05) is 0 Å². The van der Waals surface area contributed by atoms with Crippen molar-refractivity contribution < 1.29 is 0 Å². The van der Waals surface area contributed by atoms with Crippen molar-refractivity contribution in [1.82, 2.24) is 9.97 Å². The Balaban J connectivity index is 3.35. The van der Waals surface area contributed by atoms with Gasteiger partial charge < -0.3 is 10.6 Å². The summed E-state index contributed by atoms with van der Waals surface area (Å²) in [5, 5.41) is 0.239. The van der Waals surface area contributed by atoms with E-state index in [0.29, 0.717) is 5.56 Å². The molecular weight excluding hydrogens is 164 g/mol. The quantitative estimate of drug-likeness (QED) is 0.473. The lowest BCUT2D eigenvalue weighted by molar-refractivity contribution is 1.17. The van der Waals surface area contributed by atoms with Crippen LogP contribution in [0, 0.1) is 13.5 Å². The molecule has 0 spiro atoms. The fourth-order valence-corrected chi connectivity index (χ4v) is 0.716. The van der Waals surface area contributed by atoms with Gasteiger partial charge in [-0.2, -0.15) is 0 Å². The van der Waals surface area contributed by atoms with Crippen LogP contribution in [0.5, 0.6) is 0 Å². The SMILES string of the molecule is [C-]#[N+]c1nc(N)c(C)c(Cl)n1. The van der Waals surface area contributed by atoms with Crippen LogP contribution in [-0.4, -0.2) is 9.97 Å². The molecule has 0 unspecified atom stereocenters. The van der Waals surface area contributed by atoms with E-state index in [4.69, 9.17) is 23.9 Å². The van der Waals surface area contributed by atoms with Crippen molar-refractivity contribution in [3.05, 3.63) is 22.1 Å². The molecule has 0 saturated carbocycles. The van der Waals surface area contributed by atoms with Crippen LogP contribution in [0.3, 0.4) is 0 Å². The number of hydrogen-bond acceptors (Lipinski definition) is 3. The van der Waals surface area contributed by atoms with E-state index in [1.165, 1.54) is 0 Å². The van der Waals surface area contributed by atoms with E-state index in [0.717, 1.165) is 0 Å². The van der Waals surface area contributed by atoms with E-state index < -0.39 is 0 Å². The second-order valence-corrected chi connectivity index (χ2v) is 2.29. The fraction of sp³-hybridized carbons (Fsp3) is 0.167. The van der Waals surface area contributed by atoms with Crippen LogP contribution in [-0.2, 0) is 0 Å². The molecular formula is C6H5ClN4. The van der Waals surface area contributed by atoms with E-state index >= 15 is 0 Å². The van der Waals surface area contributed by atoms with Crippen molar-refractivity contribution in [2.24, 2.45) is 0 Å². The minimum Gasteiger partial charge on any atom is -0.394 e. The van der Waals surface area contributed by atoms with Gasteiger partial charge >= 0.3 is 5.95 Å². The van der Waals surface area contributed by atoms with Crippen molar-refractivity contribution in [3.8, 4) is 0 Å². The van der Waals surface area contributed by atoms with Crippen LogP contribution in [0.4, 0.5) is 11.8 Å². The normalized spacial score (nSPS) is 9.18. The maximum absolute atomic E-state index is 6.59. The third kappa shape index (κ3) is 1.38. The van der Waals surface area contributed by atoms with Crippen molar-refractivity contribution >= 4 is 23.4 Å². The standard InChI is InChI=1S/C6H5ClN4/c1-3-4(7)10-6(9-2)11-5(3)8/h1H3,(H2,8,10,11). The lowest BCUT2D eigenvalue weighted by atomic mass is 10.3. The Kier molecular flexibility index (Phi) is 1.92. The maximum atomic E-state index is 6.59. The molecule has 0 radical (unpaired) electrons. The molecule has 11 heavy (non-hydrogen) atoms. The van der Waals surface area contributed by atoms with Gasteiger partial charge in [-0.1, -0.05) is 0 Å². The highest BCUT2D eigenvalue weighted by atomic mass is 35.5. The molecule has 0 aliphatic carbocycles. The summed E-state index contributed by atoms with van der Waals surface area (Å²) in [6.45, 7) is 8.29. The smallest absolute Gasteiger partial charge is 0.374 e. The summed E-state index contributed by atoms with van der Waals surface area (Å²) < 4.78 is 0. The van der Waals surface area contributed by atoms with E-state index in [2.05, 4.69) is 14.8 Å². The van der Waals surface area contributed by atoms with Crippen LogP contribution < -0.4 is 5.73 Å². The molecule has 1 aromatic heterocycles. The Labute approximate surface area is 68.8 Å². The molecule has 0 amide bonds. The minimum absolute atomic E-state index is 0.0156. The predicted molar refractivity (Wildman–Crippen MR) is 42.5 cm³/mol.